The van der Waals surface area contributed by atoms with E-state index in [-0.39, 0.29) is 5.92 Å². The van der Waals surface area contributed by atoms with Gasteiger partial charge in [-0.25, -0.2) is 0 Å². The molecule has 1 saturated heterocycles. The number of furan rings is 1. The molecule has 13 heteroatoms. The van der Waals surface area contributed by atoms with Crippen molar-refractivity contribution in [3.8, 4) is 39.9 Å². The molecule has 7 aromatic rings. The molecular weight excluding hydrogens is 948 g/mol. The van der Waals surface area contributed by atoms with Crippen LogP contribution in [-0.4, -0.2) is 86.0 Å². The van der Waals surface area contributed by atoms with Gasteiger partial charge in [-0.15, -0.1) is 0 Å². The summed E-state index contributed by atoms with van der Waals surface area (Å²) in [5.74, 6) is 4.58. The molecule has 1 aromatic heterocycles. The lowest BCUT2D eigenvalue weighted by Gasteiger charge is -2.40. The molecule has 11 nitrogen and oxygen atoms in total. The normalized spacial score (nSPS) is 21.8. The van der Waals surface area contributed by atoms with Crippen molar-refractivity contribution in [3.63, 3.8) is 0 Å². The van der Waals surface area contributed by atoms with Crippen molar-refractivity contribution in [2.75, 3.05) is 41.2 Å². The summed E-state index contributed by atoms with van der Waals surface area (Å²) in [6, 6.07) is 41.6. The molecule has 7 atom stereocenters. The van der Waals surface area contributed by atoms with E-state index < -0.39 is 37.1 Å². The second kappa shape index (κ2) is 20.2. The zero-order valence-corrected chi connectivity index (χ0v) is 38.4. The first-order valence-electron chi connectivity index (χ1n) is 20.7. The Bertz CT molecular complexity index is 2650. The van der Waals surface area contributed by atoms with Gasteiger partial charge in [-0.2, -0.15) is 0 Å². The smallest absolute Gasteiger partial charge is 0.134 e. The van der Waals surface area contributed by atoms with Gasteiger partial charge in [0.15, 0.2) is 0 Å². The first-order valence-corrected chi connectivity index (χ1v) is 22.3. The number of halogens is 2. The number of fused-ring (bicyclic) bond motifs is 3. The number of aliphatic hydroxyl groups is 4. The molecule has 0 saturated carbocycles. The fraction of sp³-hybridized carbons (Fsp3) is 0.255. The number of hydrogen-bond donors (Lipinski definition) is 4. The lowest BCUT2D eigenvalue weighted by atomic mass is 9.87. The average Bonchev–Trinajstić information content (AvgIpc) is 4.08. The third kappa shape index (κ3) is 9.67. The largest absolute Gasteiger partial charge is 0.497 e. The molecule has 0 spiro atoms. The summed E-state index contributed by atoms with van der Waals surface area (Å²) in [5, 5.41) is 41.0. The molecule has 332 valence electrons. The van der Waals surface area contributed by atoms with Crippen LogP contribution in [0.1, 0.15) is 45.8 Å². The van der Waals surface area contributed by atoms with Gasteiger partial charge in [0.05, 0.1) is 47.4 Å². The van der Waals surface area contributed by atoms with Crippen LogP contribution in [0, 0.1) is 0 Å². The van der Waals surface area contributed by atoms with Gasteiger partial charge in [-0.05, 0) is 107 Å². The van der Waals surface area contributed by atoms with E-state index in [4.69, 9.17) is 32.8 Å². The monoisotopic (exact) mass is 994 g/mol. The Morgan fingerprint density at radius 3 is 1.62 bits per heavy atom. The fourth-order valence-corrected chi connectivity index (χ4v) is 8.93. The van der Waals surface area contributed by atoms with Crippen LogP contribution in [-0.2, 0) is 4.74 Å². The van der Waals surface area contributed by atoms with Crippen molar-refractivity contribution in [3.05, 3.63) is 170 Å². The molecule has 64 heavy (non-hydrogen) atoms. The van der Waals surface area contributed by atoms with Crippen molar-refractivity contribution in [1.29, 1.82) is 0 Å². The van der Waals surface area contributed by atoms with Gasteiger partial charge < -0.3 is 53.3 Å². The quantitative estimate of drug-likeness (QED) is 0.115. The van der Waals surface area contributed by atoms with Gasteiger partial charge in [0, 0.05) is 42.9 Å². The molecule has 10 rings (SSSR count). The zero-order chi connectivity index (χ0) is 44.9. The van der Waals surface area contributed by atoms with E-state index in [0.717, 1.165) is 70.9 Å². The highest BCUT2D eigenvalue weighted by Gasteiger charge is 2.44. The Balaban J connectivity index is 0.000000137. The molecule has 0 bridgehead atoms. The minimum atomic E-state index is -1.40. The van der Waals surface area contributed by atoms with Crippen molar-refractivity contribution in [2.24, 2.45) is 0 Å². The number of benzene rings is 6. The summed E-state index contributed by atoms with van der Waals surface area (Å²) in [4.78, 5) is 0. The number of methoxy groups -OCH3 is 3. The van der Waals surface area contributed by atoms with E-state index in [2.05, 4.69) is 56.1 Å². The summed E-state index contributed by atoms with van der Waals surface area (Å²) in [5.41, 5.74) is 8.29. The van der Waals surface area contributed by atoms with Crippen LogP contribution in [0.25, 0.3) is 22.1 Å². The Morgan fingerprint density at radius 2 is 1.06 bits per heavy atom. The SMILES string of the molecule is COc1ccc(-c2coc3ccc(Br)cc23)cc1.COc1ccc(C2COc3ccc(Br)cc32)cc1.COc1ccc(C2COc3ccc([C@@H]4O[C@H](CO)[C@@H](O)[C@H](O)[C@H]4O)cc32)cc1. The van der Waals surface area contributed by atoms with E-state index in [1.165, 1.54) is 11.1 Å². The number of ether oxygens (including phenoxy) is 6. The first-order chi connectivity index (χ1) is 31.1. The van der Waals surface area contributed by atoms with Crippen LogP contribution in [0.15, 0.2) is 147 Å². The Labute approximate surface area is 388 Å². The van der Waals surface area contributed by atoms with Crippen LogP contribution in [0.5, 0.6) is 28.7 Å². The van der Waals surface area contributed by atoms with Crippen molar-refractivity contribution in [1.82, 2.24) is 0 Å². The van der Waals surface area contributed by atoms with Crippen molar-refractivity contribution in [2.45, 2.75) is 42.4 Å². The fourth-order valence-electron chi connectivity index (χ4n) is 8.19. The molecule has 2 unspecified atom stereocenters. The first kappa shape index (κ1) is 45.2. The lowest BCUT2D eigenvalue weighted by Crippen LogP contribution is -2.55. The number of aliphatic hydroxyl groups excluding tert-OH is 4. The van der Waals surface area contributed by atoms with Crippen molar-refractivity contribution < 1.29 is 53.3 Å². The number of rotatable bonds is 8. The number of hydrogen-bond acceptors (Lipinski definition) is 11. The molecule has 4 heterocycles. The van der Waals surface area contributed by atoms with E-state index in [1.807, 2.05) is 97.1 Å². The van der Waals surface area contributed by atoms with Crippen LogP contribution >= 0.6 is 31.9 Å². The standard InChI is InChI=1S/C21H24O7.C15H13BrO2.C15H11BrO2/c1-26-13-5-2-11(3-6-13)15-10-27-16-7-4-12(8-14(15)16)21-20(25)19(24)18(23)17(9-22)28-21;2*1-17-12-5-2-10(3-6-12)14-9-18-15-7-4-11(16)8-13(14)15/h2-8,15,17-25H,9-10H2,1H3;2-8,14H,9H2,1H3;2-9H,1H3/t15?,17-,18-,19+,20-,21+;;/m1../s1. The van der Waals surface area contributed by atoms with E-state index in [9.17, 15) is 20.4 Å². The Kier molecular flexibility index (Phi) is 14.3. The highest BCUT2D eigenvalue weighted by atomic mass is 79.9. The van der Waals surface area contributed by atoms with E-state index >= 15 is 0 Å². The molecule has 0 amide bonds. The van der Waals surface area contributed by atoms with Gasteiger partial charge >= 0.3 is 0 Å². The van der Waals surface area contributed by atoms with Gasteiger partial charge in [0.25, 0.3) is 0 Å². The molecule has 0 aliphatic carbocycles. The summed E-state index contributed by atoms with van der Waals surface area (Å²) in [7, 11) is 4.97. The minimum absolute atomic E-state index is 0.0192. The van der Waals surface area contributed by atoms with Crippen LogP contribution in [0.4, 0.5) is 0 Å². The van der Waals surface area contributed by atoms with Gasteiger partial charge in [0.2, 0.25) is 0 Å². The van der Waals surface area contributed by atoms with Gasteiger partial charge in [0.1, 0.15) is 64.9 Å². The molecule has 0 radical (unpaired) electrons. The third-order valence-corrected chi connectivity index (χ3v) is 12.7. The van der Waals surface area contributed by atoms with Gasteiger partial charge in [-0.1, -0.05) is 74.3 Å². The van der Waals surface area contributed by atoms with E-state index in [0.29, 0.717) is 24.7 Å². The maximum Gasteiger partial charge on any atom is 0.134 e. The molecular formula is C51H48Br2O11. The Morgan fingerprint density at radius 1 is 0.562 bits per heavy atom. The summed E-state index contributed by atoms with van der Waals surface area (Å²) in [6.07, 6.45) is -4.10. The Hall–Kier alpha value is -5.38. The van der Waals surface area contributed by atoms with Gasteiger partial charge in [-0.3, -0.25) is 0 Å². The molecule has 1 fully saturated rings. The average molecular weight is 997 g/mol. The maximum atomic E-state index is 10.4. The summed E-state index contributed by atoms with van der Waals surface area (Å²) >= 11 is 7.00. The zero-order valence-electron chi connectivity index (χ0n) is 35.3. The van der Waals surface area contributed by atoms with Crippen LogP contribution in [0.3, 0.4) is 0 Å². The summed E-state index contributed by atoms with van der Waals surface area (Å²) in [6.45, 7) is 0.752. The highest BCUT2D eigenvalue weighted by molar-refractivity contribution is 9.10. The molecule has 3 aliphatic rings. The van der Waals surface area contributed by atoms with Crippen LogP contribution < -0.4 is 23.7 Å². The predicted octanol–water partition coefficient (Wildman–Crippen LogP) is 9.59. The van der Waals surface area contributed by atoms with E-state index in [1.54, 1.807) is 33.7 Å². The third-order valence-electron chi connectivity index (χ3n) is 11.8. The maximum absolute atomic E-state index is 10.4. The second-order valence-electron chi connectivity index (χ2n) is 15.5. The minimum Gasteiger partial charge on any atom is -0.497 e. The molecule has 4 N–H and O–H groups in total. The van der Waals surface area contributed by atoms with Crippen LogP contribution in [0.2, 0.25) is 0 Å². The highest BCUT2D eigenvalue weighted by Crippen LogP contribution is 2.43. The predicted molar refractivity (Wildman–Crippen MR) is 250 cm³/mol. The topological polar surface area (TPSA) is 149 Å². The lowest BCUT2D eigenvalue weighted by molar-refractivity contribution is -0.231. The molecule has 3 aliphatic heterocycles. The summed E-state index contributed by atoms with van der Waals surface area (Å²) < 4.78 is 40.5. The second-order valence-corrected chi connectivity index (χ2v) is 17.4. The van der Waals surface area contributed by atoms with Crippen molar-refractivity contribution >= 4 is 42.8 Å². The molecule has 6 aromatic carbocycles.